The molecule has 1 atom stereocenters. The van der Waals surface area contributed by atoms with Crippen LogP contribution in [-0.2, 0) is 11.2 Å². The molecule has 3 nitrogen and oxygen atoms in total. The van der Waals surface area contributed by atoms with E-state index in [9.17, 15) is 4.79 Å². The Morgan fingerprint density at radius 1 is 1.47 bits per heavy atom. The van der Waals surface area contributed by atoms with Crippen molar-refractivity contribution < 1.29 is 22.3 Å². The first-order valence-electron chi connectivity index (χ1n) is 4.80. The zero-order valence-corrected chi connectivity index (χ0v) is 9.00. The van der Waals surface area contributed by atoms with Gasteiger partial charge in [0, 0.05) is 6.04 Å². The van der Waals surface area contributed by atoms with Crippen molar-refractivity contribution in [2.24, 2.45) is 0 Å². The summed E-state index contributed by atoms with van der Waals surface area (Å²) in [6.07, 6.45) is 1.16. The Morgan fingerprint density at radius 2 is 2.20 bits per heavy atom. The van der Waals surface area contributed by atoms with E-state index >= 15 is 0 Å². The molecule has 0 aromatic heterocycles. The third-order valence-corrected chi connectivity index (χ3v) is 2.59. The summed E-state index contributed by atoms with van der Waals surface area (Å²) >= 11 is 0. The number of hydrogen-bond donors (Lipinski definition) is 2. The number of aliphatic carboxylic acids is 1. The van der Waals surface area contributed by atoms with Crippen molar-refractivity contribution in [1.82, 2.24) is 5.32 Å². The Morgan fingerprint density at radius 3 is 2.93 bits per heavy atom. The fourth-order valence-electron chi connectivity index (χ4n) is 1.95. The van der Waals surface area contributed by atoms with E-state index in [4.69, 9.17) is 5.11 Å². The number of benzene rings is 1. The molecule has 1 aromatic rings. The summed E-state index contributed by atoms with van der Waals surface area (Å²) in [5.41, 5.74) is 2.42. The van der Waals surface area contributed by atoms with Gasteiger partial charge in [0.25, 0.3) is 0 Å². The van der Waals surface area contributed by atoms with Crippen LogP contribution in [0.5, 0.6) is 0 Å². The molecule has 1 aliphatic heterocycles. The molecule has 0 bridgehead atoms. The topological polar surface area (TPSA) is 49.3 Å². The van der Waals surface area contributed by atoms with Crippen LogP contribution in [0, 0.1) is 0 Å². The van der Waals surface area contributed by atoms with Crippen molar-refractivity contribution in [2.45, 2.75) is 18.9 Å². The fraction of sp³-hybridized carbons (Fsp3) is 0.364. The molecule has 0 aliphatic carbocycles. The maximum absolute atomic E-state index is 10.6. The first-order valence-corrected chi connectivity index (χ1v) is 4.80. The summed E-state index contributed by atoms with van der Waals surface area (Å²) in [5, 5.41) is 12.0. The number of carboxylic acids is 1. The van der Waals surface area contributed by atoms with Crippen molar-refractivity contribution in [2.75, 3.05) is 6.54 Å². The highest BCUT2D eigenvalue weighted by Crippen LogP contribution is 2.24. The Kier molecular flexibility index (Phi) is 4.12. The van der Waals surface area contributed by atoms with Gasteiger partial charge in [-0.15, -0.1) is 0 Å². The van der Waals surface area contributed by atoms with Gasteiger partial charge in [0.1, 0.15) is 0 Å². The van der Waals surface area contributed by atoms with Gasteiger partial charge in [-0.25, -0.2) is 0 Å². The molecule has 1 aromatic carbocycles. The van der Waals surface area contributed by atoms with E-state index in [1.165, 1.54) is 5.56 Å². The number of halogens is 1. The second-order valence-electron chi connectivity index (χ2n) is 3.55. The third kappa shape index (κ3) is 2.70. The molecule has 2 N–H and O–H groups in total. The molecule has 1 unspecified atom stereocenters. The van der Waals surface area contributed by atoms with Crippen LogP contribution in [0.25, 0.3) is 0 Å². The number of fused-ring (bicyclic) bond motifs is 1. The number of rotatable bonds is 2. The van der Waals surface area contributed by atoms with E-state index in [-0.39, 0.29) is 24.9 Å². The largest absolute Gasteiger partial charge is 1.00 e. The van der Waals surface area contributed by atoms with Crippen molar-refractivity contribution in [3.8, 4) is 0 Å². The molecule has 82 valence electrons. The highest BCUT2D eigenvalue weighted by molar-refractivity contribution is 5.68. The van der Waals surface area contributed by atoms with Crippen molar-refractivity contribution in [1.29, 1.82) is 0 Å². The van der Waals surface area contributed by atoms with Crippen LogP contribution in [0.2, 0.25) is 0 Å². The van der Waals surface area contributed by atoms with Crippen molar-refractivity contribution >= 4 is 5.97 Å². The summed E-state index contributed by atoms with van der Waals surface area (Å²) in [7, 11) is 0. The second-order valence-corrected chi connectivity index (χ2v) is 3.55. The van der Waals surface area contributed by atoms with E-state index in [0.717, 1.165) is 18.5 Å². The molecular weight excluding hydrogens is 214 g/mol. The number of carbonyl (C=O) groups is 1. The van der Waals surface area contributed by atoms with Crippen LogP contribution in [0.4, 0.5) is 0 Å². The van der Waals surface area contributed by atoms with Crippen LogP contribution in [0.3, 0.4) is 0 Å². The average molecular weight is 227 g/mol. The van der Waals surface area contributed by atoms with Gasteiger partial charge in [-0.3, -0.25) is 4.79 Å². The number of carboxylic acid groups (broad SMARTS) is 1. The first kappa shape index (κ1) is 12.0. The highest BCUT2D eigenvalue weighted by atomic mass is 35.5. The maximum atomic E-state index is 10.6. The minimum absolute atomic E-state index is 0. The Hall–Kier alpha value is -1.06. The normalized spacial score (nSPS) is 18.8. The summed E-state index contributed by atoms with van der Waals surface area (Å²) in [6.45, 7) is 0.870. The summed E-state index contributed by atoms with van der Waals surface area (Å²) in [5.74, 6) is -0.751. The molecule has 15 heavy (non-hydrogen) atoms. The molecular formula is C11H13ClNO2-. The fourth-order valence-corrected chi connectivity index (χ4v) is 1.95. The molecule has 1 heterocycles. The van der Waals surface area contributed by atoms with Gasteiger partial charge in [0.05, 0.1) is 6.42 Å². The quantitative estimate of drug-likeness (QED) is 0.636. The first-order chi connectivity index (χ1) is 6.77. The van der Waals surface area contributed by atoms with Crippen LogP contribution in [0.15, 0.2) is 24.3 Å². The molecule has 0 radical (unpaired) electrons. The lowest BCUT2D eigenvalue weighted by molar-refractivity contribution is -0.137. The Labute approximate surface area is 94.9 Å². The summed E-state index contributed by atoms with van der Waals surface area (Å²) in [4.78, 5) is 10.6. The number of hydrogen-bond acceptors (Lipinski definition) is 2. The van der Waals surface area contributed by atoms with Gasteiger partial charge in [0.2, 0.25) is 0 Å². The SMILES string of the molecule is O=C(O)CC1NCCc2ccccc21.[Cl-]. The average Bonchev–Trinajstić information content (AvgIpc) is 2.18. The van der Waals surface area contributed by atoms with Crippen molar-refractivity contribution in [3.05, 3.63) is 35.4 Å². The van der Waals surface area contributed by atoms with Crippen molar-refractivity contribution in [3.63, 3.8) is 0 Å². The molecule has 0 saturated heterocycles. The molecule has 0 saturated carbocycles. The standard InChI is InChI=1S/C11H13NO2.ClH/c13-11(14)7-10-9-4-2-1-3-8(9)5-6-12-10;/h1-4,10,12H,5-7H2,(H,13,14);1H/p-1. The summed E-state index contributed by atoms with van der Waals surface area (Å²) in [6, 6.07) is 8.03. The smallest absolute Gasteiger partial charge is 0.305 e. The van der Waals surface area contributed by atoms with Gasteiger partial charge in [-0.2, -0.15) is 0 Å². The minimum Gasteiger partial charge on any atom is -1.00 e. The van der Waals surface area contributed by atoms with E-state index in [0.29, 0.717) is 0 Å². The lowest BCUT2D eigenvalue weighted by Crippen LogP contribution is -3.00. The van der Waals surface area contributed by atoms with Gasteiger partial charge >= 0.3 is 5.97 Å². The molecule has 0 amide bonds. The lowest BCUT2D eigenvalue weighted by atomic mass is 9.93. The van der Waals surface area contributed by atoms with Gasteiger partial charge in [-0.1, -0.05) is 24.3 Å². The van der Waals surface area contributed by atoms with Crippen LogP contribution < -0.4 is 17.7 Å². The highest BCUT2D eigenvalue weighted by Gasteiger charge is 2.20. The Balaban J connectivity index is 0.00000112. The van der Waals surface area contributed by atoms with E-state index in [2.05, 4.69) is 11.4 Å². The predicted molar refractivity (Wildman–Crippen MR) is 53.1 cm³/mol. The Bertz CT molecular complexity index is 354. The zero-order valence-electron chi connectivity index (χ0n) is 8.24. The van der Waals surface area contributed by atoms with Crippen LogP contribution in [0.1, 0.15) is 23.6 Å². The molecule has 2 rings (SSSR count). The molecule has 1 aliphatic rings. The molecule has 0 spiro atoms. The lowest BCUT2D eigenvalue weighted by Gasteiger charge is -2.25. The minimum atomic E-state index is -0.751. The monoisotopic (exact) mass is 226 g/mol. The van der Waals surface area contributed by atoms with Gasteiger partial charge in [0.15, 0.2) is 0 Å². The molecule has 4 heteroatoms. The van der Waals surface area contributed by atoms with E-state index < -0.39 is 5.97 Å². The summed E-state index contributed by atoms with van der Waals surface area (Å²) < 4.78 is 0. The zero-order chi connectivity index (χ0) is 9.97. The van der Waals surface area contributed by atoms with Gasteiger partial charge < -0.3 is 22.8 Å². The van der Waals surface area contributed by atoms with Gasteiger partial charge in [-0.05, 0) is 24.1 Å². The third-order valence-electron chi connectivity index (χ3n) is 2.59. The van der Waals surface area contributed by atoms with E-state index in [1.807, 2.05) is 18.2 Å². The second kappa shape index (κ2) is 5.14. The van der Waals surface area contributed by atoms with Crippen LogP contribution in [-0.4, -0.2) is 17.6 Å². The molecule has 0 fully saturated rings. The van der Waals surface area contributed by atoms with E-state index in [1.54, 1.807) is 0 Å². The maximum Gasteiger partial charge on any atom is 0.305 e. The van der Waals surface area contributed by atoms with Crippen LogP contribution >= 0.6 is 0 Å². The number of nitrogens with one attached hydrogen (secondary N) is 1. The predicted octanol–water partition coefficient (Wildman–Crippen LogP) is -1.65.